The molecule has 0 spiro atoms. The highest BCUT2D eigenvalue weighted by molar-refractivity contribution is 9.11. The zero-order valence-electron chi connectivity index (χ0n) is 12.7. The van der Waals surface area contributed by atoms with Gasteiger partial charge >= 0.3 is 5.95 Å². The van der Waals surface area contributed by atoms with Gasteiger partial charge in [-0.2, -0.15) is 0 Å². The molecule has 0 unspecified atom stereocenters. The smallest absolute Gasteiger partial charge is 0.356 e. The molecule has 0 amide bonds. The second kappa shape index (κ2) is 6.93. The van der Waals surface area contributed by atoms with E-state index >= 15 is 0 Å². The fourth-order valence-corrected chi connectivity index (χ4v) is 3.96. The van der Waals surface area contributed by atoms with Crippen molar-refractivity contribution in [3.63, 3.8) is 0 Å². The van der Waals surface area contributed by atoms with Crippen molar-refractivity contribution in [2.24, 2.45) is 0 Å². The topological polar surface area (TPSA) is 54.8 Å². The molecule has 0 aliphatic carbocycles. The van der Waals surface area contributed by atoms with E-state index in [1.807, 2.05) is 18.2 Å². The molecule has 23 heavy (non-hydrogen) atoms. The lowest BCUT2D eigenvalue weighted by molar-refractivity contribution is -0.657. The molecule has 120 valence electrons. The highest BCUT2D eigenvalue weighted by Crippen LogP contribution is 2.29. The summed E-state index contributed by atoms with van der Waals surface area (Å²) in [6.45, 7) is 3.53. The number of nitrogens with zero attached hydrogens (tertiary/aromatic N) is 1. The van der Waals surface area contributed by atoms with E-state index in [4.69, 9.17) is 0 Å². The van der Waals surface area contributed by atoms with Crippen LogP contribution in [0, 0.1) is 0 Å². The van der Waals surface area contributed by atoms with Gasteiger partial charge in [-0.25, -0.2) is 9.55 Å². The molecule has 0 aliphatic heterocycles. The van der Waals surface area contributed by atoms with E-state index in [2.05, 4.69) is 65.8 Å². The van der Waals surface area contributed by atoms with Crippen molar-refractivity contribution in [2.75, 3.05) is 5.32 Å². The Kier molecular flexibility index (Phi) is 4.92. The monoisotopic (exact) mass is 437 g/mol. The number of aryl methyl sites for hydroxylation is 1. The Balaban J connectivity index is 1.91. The second-order valence-electron chi connectivity index (χ2n) is 5.37. The molecular weight excluding hydrogens is 422 g/mol. The Morgan fingerprint density at radius 2 is 2.00 bits per heavy atom. The molecule has 0 saturated heterocycles. The van der Waals surface area contributed by atoms with E-state index < -0.39 is 0 Å². The molecule has 0 fully saturated rings. The van der Waals surface area contributed by atoms with Gasteiger partial charge in [-0.05, 0) is 36.2 Å². The number of para-hydroxylation sites is 2. The highest BCUT2D eigenvalue weighted by atomic mass is 79.9. The van der Waals surface area contributed by atoms with Gasteiger partial charge in [0.05, 0.1) is 13.1 Å². The third kappa shape index (κ3) is 3.38. The Labute approximate surface area is 151 Å². The van der Waals surface area contributed by atoms with Crippen molar-refractivity contribution < 1.29 is 9.67 Å². The van der Waals surface area contributed by atoms with Gasteiger partial charge in [0.1, 0.15) is 11.0 Å². The number of hydrogen-bond acceptors (Lipinski definition) is 2. The minimum absolute atomic E-state index is 0.0128. The van der Waals surface area contributed by atoms with Crippen LogP contribution in [0.5, 0.6) is 5.75 Å². The number of imidazole rings is 1. The summed E-state index contributed by atoms with van der Waals surface area (Å²) in [6.07, 6.45) is 1.04. The zero-order valence-corrected chi connectivity index (χ0v) is 15.9. The number of H-pyrrole nitrogens is 1. The van der Waals surface area contributed by atoms with E-state index in [1.165, 1.54) is 0 Å². The van der Waals surface area contributed by atoms with Crippen molar-refractivity contribution in [3.8, 4) is 5.75 Å². The van der Waals surface area contributed by atoms with Crippen LogP contribution < -0.4 is 15.0 Å². The normalized spacial score (nSPS) is 11.1. The van der Waals surface area contributed by atoms with E-state index in [9.17, 15) is 5.11 Å². The number of halogens is 2. The summed E-state index contributed by atoms with van der Waals surface area (Å²) in [6, 6.07) is 11.8. The second-order valence-corrected chi connectivity index (χ2v) is 7.14. The van der Waals surface area contributed by atoms with E-state index in [1.54, 1.807) is 6.07 Å². The maximum atomic E-state index is 12.2. The van der Waals surface area contributed by atoms with Crippen LogP contribution in [0.1, 0.15) is 18.9 Å². The Bertz CT molecular complexity index is 845. The number of nitrogens with one attached hydrogen (secondary N) is 2. The number of aromatic amines is 1. The van der Waals surface area contributed by atoms with Crippen LogP contribution in [-0.2, 0) is 13.1 Å². The zero-order chi connectivity index (χ0) is 16.4. The first-order valence-corrected chi connectivity index (χ1v) is 9.08. The predicted molar refractivity (Wildman–Crippen MR) is 97.4 cm³/mol. The number of aromatic nitrogens is 2. The van der Waals surface area contributed by atoms with Gasteiger partial charge in [0, 0.05) is 8.95 Å². The van der Waals surface area contributed by atoms with Crippen molar-refractivity contribution >= 4 is 48.8 Å². The van der Waals surface area contributed by atoms with Crippen molar-refractivity contribution in [3.05, 3.63) is 50.9 Å². The number of fused-ring (bicyclic) bond motifs is 1. The molecule has 0 atom stereocenters. The lowest BCUT2D eigenvalue weighted by Gasteiger charge is -2.15. The molecule has 3 aromatic rings. The highest BCUT2D eigenvalue weighted by Gasteiger charge is 2.16. The molecule has 1 heterocycles. The van der Waals surface area contributed by atoms with Gasteiger partial charge in [0.2, 0.25) is 0 Å². The third-order valence-electron chi connectivity index (χ3n) is 3.70. The van der Waals surface area contributed by atoms with Crippen molar-refractivity contribution in [1.82, 2.24) is 4.98 Å². The summed E-state index contributed by atoms with van der Waals surface area (Å²) in [5, 5.41) is 15.6. The van der Waals surface area contributed by atoms with Crippen LogP contribution in [0.15, 0.2) is 45.3 Å². The standard InChI is InChI=1S/C17H17Br2N3O/c1-2-7-22-15-6-4-3-5-14(15)21-17(22)20-10-11-8-12(18)9-13(19)16(11)23/h3-6,8-9H,2,7,10H2,1H3,(H2,20,21,23). The summed E-state index contributed by atoms with van der Waals surface area (Å²) in [4.78, 5) is 3.39. The molecular formula is C17H17Br2N3O. The molecule has 3 rings (SSSR count). The fraction of sp³-hybridized carbons (Fsp3) is 0.235. The van der Waals surface area contributed by atoms with Crippen molar-refractivity contribution in [2.45, 2.75) is 26.4 Å². The summed E-state index contributed by atoms with van der Waals surface area (Å²) >= 11 is 6.74. The van der Waals surface area contributed by atoms with Crippen LogP contribution in [0.2, 0.25) is 0 Å². The number of anilines is 1. The largest absolute Gasteiger partial charge is 0.871 e. The van der Waals surface area contributed by atoms with Gasteiger partial charge in [0.15, 0.2) is 0 Å². The lowest BCUT2D eigenvalue weighted by Crippen LogP contribution is -2.35. The maximum absolute atomic E-state index is 12.2. The van der Waals surface area contributed by atoms with Gasteiger partial charge in [-0.1, -0.05) is 56.7 Å². The average molecular weight is 439 g/mol. The lowest BCUT2D eigenvalue weighted by atomic mass is 10.2. The molecule has 1 aromatic heterocycles. The molecule has 0 saturated carbocycles. The van der Waals surface area contributed by atoms with Crippen LogP contribution >= 0.6 is 31.9 Å². The van der Waals surface area contributed by atoms with E-state index in [-0.39, 0.29) is 5.75 Å². The van der Waals surface area contributed by atoms with Crippen molar-refractivity contribution in [1.29, 1.82) is 0 Å². The molecule has 2 aromatic carbocycles. The Morgan fingerprint density at radius 3 is 2.78 bits per heavy atom. The fourth-order valence-electron chi connectivity index (χ4n) is 2.65. The van der Waals surface area contributed by atoms with Crippen LogP contribution in [0.4, 0.5) is 5.95 Å². The SMILES string of the molecule is CCC[n+]1c(NCc2cc(Br)cc(Br)c2[O-])[nH]c2ccccc21. The van der Waals surface area contributed by atoms with Gasteiger partial charge in [-0.3, -0.25) is 5.32 Å². The van der Waals surface area contributed by atoms with Crippen LogP contribution in [0.25, 0.3) is 11.0 Å². The summed E-state index contributed by atoms with van der Waals surface area (Å²) in [5.74, 6) is 0.933. The Hall–Kier alpha value is -1.53. The maximum Gasteiger partial charge on any atom is 0.356 e. The van der Waals surface area contributed by atoms with Gasteiger partial charge in [0.25, 0.3) is 0 Å². The first kappa shape index (κ1) is 16.3. The summed E-state index contributed by atoms with van der Waals surface area (Å²) < 4.78 is 3.67. The molecule has 0 aliphatic rings. The van der Waals surface area contributed by atoms with Gasteiger partial charge < -0.3 is 5.11 Å². The first-order valence-electron chi connectivity index (χ1n) is 7.49. The summed E-state index contributed by atoms with van der Waals surface area (Å²) in [7, 11) is 0. The predicted octanol–water partition coefficient (Wildman–Crippen LogP) is 4.08. The number of rotatable bonds is 5. The minimum atomic E-state index is 0.0128. The Morgan fingerprint density at radius 1 is 1.22 bits per heavy atom. The molecule has 6 heteroatoms. The molecule has 0 bridgehead atoms. The number of hydrogen-bond donors (Lipinski definition) is 2. The average Bonchev–Trinajstić information content (AvgIpc) is 2.88. The van der Waals surface area contributed by atoms with Crippen LogP contribution in [0.3, 0.4) is 0 Å². The number of benzene rings is 2. The molecule has 4 nitrogen and oxygen atoms in total. The third-order valence-corrected chi connectivity index (χ3v) is 4.74. The first-order chi connectivity index (χ1) is 11.1. The quantitative estimate of drug-likeness (QED) is 0.589. The summed E-state index contributed by atoms with van der Waals surface area (Å²) in [5.41, 5.74) is 2.96. The minimum Gasteiger partial charge on any atom is -0.871 e. The van der Waals surface area contributed by atoms with Gasteiger partial charge in [-0.15, -0.1) is 0 Å². The van der Waals surface area contributed by atoms with E-state index in [0.717, 1.165) is 34.4 Å². The van der Waals surface area contributed by atoms with Crippen LogP contribution in [-0.4, -0.2) is 4.98 Å². The molecule has 2 N–H and O–H groups in total. The molecule has 0 radical (unpaired) electrons. The van der Waals surface area contributed by atoms with E-state index in [0.29, 0.717) is 16.6 Å².